The molecule has 0 amide bonds. The molecular weight excluding hydrogens is 250 g/mol. The molecule has 6 nitrogen and oxygen atoms in total. The number of ether oxygens (including phenoxy) is 2. The van der Waals surface area contributed by atoms with Crippen molar-refractivity contribution >= 4 is 11.9 Å². The van der Waals surface area contributed by atoms with Gasteiger partial charge in [0.2, 0.25) is 0 Å². The Balaban J connectivity index is 2.60. The topological polar surface area (TPSA) is 98.9 Å². The highest BCUT2D eigenvalue weighted by atomic mass is 16.6. The monoisotopic (exact) mass is 267 g/mol. The number of aliphatic hydroxyl groups is 1. The summed E-state index contributed by atoms with van der Waals surface area (Å²) in [4.78, 5) is 23.2. The molecule has 0 bridgehead atoms. The van der Waals surface area contributed by atoms with Crippen LogP contribution in [0.3, 0.4) is 0 Å². The highest BCUT2D eigenvalue weighted by Crippen LogP contribution is 2.11. The first-order valence-electron chi connectivity index (χ1n) is 5.81. The van der Waals surface area contributed by atoms with E-state index in [4.69, 9.17) is 10.5 Å². The van der Waals surface area contributed by atoms with Crippen LogP contribution in [0, 0.1) is 5.92 Å². The van der Waals surface area contributed by atoms with Crippen molar-refractivity contribution in [3.8, 4) is 0 Å². The van der Waals surface area contributed by atoms with Crippen LogP contribution in [-0.2, 0) is 25.7 Å². The van der Waals surface area contributed by atoms with E-state index in [1.807, 2.05) is 6.07 Å². The Morgan fingerprint density at radius 3 is 2.32 bits per heavy atom. The zero-order chi connectivity index (χ0) is 14.3. The predicted molar refractivity (Wildman–Crippen MR) is 66.6 cm³/mol. The van der Waals surface area contributed by atoms with Gasteiger partial charge < -0.3 is 14.6 Å². The number of benzene rings is 1. The minimum atomic E-state index is -1.38. The van der Waals surface area contributed by atoms with Crippen LogP contribution in [0.2, 0.25) is 0 Å². The first kappa shape index (κ1) is 15.1. The van der Waals surface area contributed by atoms with E-state index in [2.05, 4.69) is 4.74 Å². The van der Waals surface area contributed by atoms with E-state index >= 15 is 0 Å². The van der Waals surface area contributed by atoms with E-state index in [1.165, 1.54) is 6.92 Å². The Hall–Kier alpha value is -1.92. The van der Waals surface area contributed by atoms with Crippen LogP contribution in [0.25, 0.3) is 0 Å². The van der Waals surface area contributed by atoms with Gasteiger partial charge in [-0.3, -0.25) is 15.3 Å². The molecular formula is C13H17NO5. The molecule has 0 aromatic heterocycles. The van der Waals surface area contributed by atoms with Crippen molar-refractivity contribution in [1.29, 1.82) is 0 Å². The Morgan fingerprint density at radius 1 is 1.21 bits per heavy atom. The molecule has 1 aromatic rings. The quantitative estimate of drug-likeness (QED) is 0.433. The molecule has 6 heteroatoms. The van der Waals surface area contributed by atoms with E-state index in [-0.39, 0.29) is 13.3 Å². The lowest BCUT2D eigenvalue weighted by atomic mass is 10.0. The smallest absolute Gasteiger partial charge is 0.324 e. The minimum absolute atomic E-state index is 0.0266. The Kier molecular flexibility index (Phi) is 5.98. The van der Waals surface area contributed by atoms with Crippen LogP contribution < -0.4 is 5.73 Å². The van der Waals surface area contributed by atoms with Gasteiger partial charge in [0.25, 0.3) is 0 Å². The van der Waals surface area contributed by atoms with Crippen LogP contribution >= 0.6 is 0 Å². The predicted octanol–water partition coefficient (Wildman–Crippen LogP) is 0.186. The van der Waals surface area contributed by atoms with Gasteiger partial charge in [0, 0.05) is 0 Å². The number of hydrogen-bond acceptors (Lipinski definition) is 6. The van der Waals surface area contributed by atoms with Gasteiger partial charge in [-0.05, 0) is 12.5 Å². The second-order valence-corrected chi connectivity index (χ2v) is 3.94. The fourth-order valence-corrected chi connectivity index (χ4v) is 1.48. The summed E-state index contributed by atoms with van der Waals surface area (Å²) in [5.41, 5.74) is 5.84. The molecule has 0 radical (unpaired) electrons. The first-order valence-corrected chi connectivity index (χ1v) is 5.81. The molecule has 0 saturated heterocycles. The van der Waals surface area contributed by atoms with Gasteiger partial charge >= 0.3 is 11.9 Å². The van der Waals surface area contributed by atoms with Gasteiger partial charge in [0.05, 0.1) is 6.10 Å². The van der Waals surface area contributed by atoms with Crippen molar-refractivity contribution in [3.63, 3.8) is 0 Å². The third-order valence-corrected chi connectivity index (χ3v) is 2.44. The van der Waals surface area contributed by atoms with Crippen LogP contribution in [0.1, 0.15) is 12.5 Å². The van der Waals surface area contributed by atoms with Gasteiger partial charge in [-0.15, -0.1) is 0 Å². The second-order valence-electron chi connectivity index (χ2n) is 3.94. The Bertz CT molecular complexity index is 418. The fourth-order valence-electron chi connectivity index (χ4n) is 1.48. The zero-order valence-electron chi connectivity index (χ0n) is 10.6. The SMILES string of the molecule is C[C@@H](O)[C@H](C(=O)OCN)C(=O)OCc1ccccc1. The third-order valence-electron chi connectivity index (χ3n) is 2.44. The number of aliphatic hydroxyl groups excluding tert-OH is 1. The van der Waals surface area contributed by atoms with Crippen LogP contribution in [0.5, 0.6) is 0 Å². The van der Waals surface area contributed by atoms with Crippen molar-refractivity contribution in [2.45, 2.75) is 19.6 Å². The zero-order valence-corrected chi connectivity index (χ0v) is 10.6. The molecule has 1 rings (SSSR count). The van der Waals surface area contributed by atoms with Crippen molar-refractivity contribution in [2.75, 3.05) is 6.73 Å². The maximum absolute atomic E-state index is 11.8. The average Bonchev–Trinajstić information content (AvgIpc) is 2.37. The molecule has 19 heavy (non-hydrogen) atoms. The molecule has 0 heterocycles. The number of nitrogens with two attached hydrogens (primary N) is 1. The molecule has 0 saturated carbocycles. The van der Waals surface area contributed by atoms with E-state index in [0.717, 1.165) is 5.56 Å². The van der Waals surface area contributed by atoms with Crippen molar-refractivity contribution in [2.24, 2.45) is 11.7 Å². The number of esters is 2. The molecule has 0 unspecified atom stereocenters. The number of hydrogen-bond donors (Lipinski definition) is 2. The largest absolute Gasteiger partial charge is 0.460 e. The number of rotatable bonds is 6. The van der Waals surface area contributed by atoms with Crippen LogP contribution in [0.4, 0.5) is 0 Å². The molecule has 104 valence electrons. The first-order chi connectivity index (χ1) is 9.06. The lowest BCUT2D eigenvalue weighted by Gasteiger charge is -2.16. The van der Waals surface area contributed by atoms with Gasteiger partial charge in [0.1, 0.15) is 13.3 Å². The van der Waals surface area contributed by atoms with Crippen LogP contribution in [0.15, 0.2) is 30.3 Å². The Labute approximate surface area is 111 Å². The molecule has 3 N–H and O–H groups in total. The van der Waals surface area contributed by atoms with E-state index in [0.29, 0.717) is 0 Å². The molecule has 0 aliphatic carbocycles. The standard InChI is InChI=1S/C13H17NO5/c1-9(15)11(13(17)19-8-14)12(16)18-7-10-5-3-2-4-6-10/h2-6,9,11,15H,7-8,14H2,1H3/t9-,11+/m1/s1. The summed E-state index contributed by atoms with van der Waals surface area (Å²) in [5, 5.41) is 9.43. The number of carbonyl (C=O) groups is 2. The van der Waals surface area contributed by atoms with Gasteiger partial charge in [-0.25, -0.2) is 0 Å². The minimum Gasteiger partial charge on any atom is -0.460 e. The van der Waals surface area contributed by atoms with Gasteiger partial charge in [0.15, 0.2) is 5.92 Å². The van der Waals surface area contributed by atoms with Crippen LogP contribution in [-0.4, -0.2) is 29.9 Å². The fraction of sp³-hybridized carbons (Fsp3) is 0.385. The highest BCUT2D eigenvalue weighted by Gasteiger charge is 2.34. The molecule has 1 aromatic carbocycles. The summed E-state index contributed by atoms with van der Waals surface area (Å²) < 4.78 is 9.49. The van der Waals surface area contributed by atoms with Crippen molar-refractivity contribution in [1.82, 2.24) is 0 Å². The van der Waals surface area contributed by atoms with E-state index in [1.54, 1.807) is 24.3 Å². The van der Waals surface area contributed by atoms with Crippen molar-refractivity contribution in [3.05, 3.63) is 35.9 Å². The maximum Gasteiger partial charge on any atom is 0.324 e. The summed E-state index contributed by atoms with van der Waals surface area (Å²) in [5.74, 6) is -3.11. The summed E-state index contributed by atoms with van der Waals surface area (Å²) in [6.07, 6.45) is -1.21. The molecule has 0 fully saturated rings. The maximum atomic E-state index is 11.8. The lowest BCUT2D eigenvalue weighted by molar-refractivity contribution is -0.167. The van der Waals surface area contributed by atoms with Gasteiger partial charge in [-0.1, -0.05) is 30.3 Å². The summed E-state index contributed by atoms with van der Waals surface area (Å²) in [6.45, 7) is 0.985. The summed E-state index contributed by atoms with van der Waals surface area (Å²) in [6, 6.07) is 9.00. The van der Waals surface area contributed by atoms with E-state index in [9.17, 15) is 14.7 Å². The normalized spacial score (nSPS) is 13.4. The summed E-state index contributed by atoms with van der Waals surface area (Å²) in [7, 11) is 0. The van der Waals surface area contributed by atoms with Crippen molar-refractivity contribution < 1.29 is 24.2 Å². The third kappa shape index (κ3) is 4.69. The lowest BCUT2D eigenvalue weighted by Crippen LogP contribution is -2.37. The second kappa shape index (κ2) is 7.50. The molecule has 2 atom stereocenters. The Morgan fingerprint density at radius 2 is 1.79 bits per heavy atom. The highest BCUT2D eigenvalue weighted by molar-refractivity contribution is 5.95. The summed E-state index contributed by atoms with van der Waals surface area (Å²) >= 11 is 0. The van der Waals surface area contributed by atoms with E-state index < -0.39 is 24.0 Å². The molecule has 0 spiro atoms. The average molecular weight is 267 g/mol. The van der Waals surface area contributed by atoms with Gasteiger partial charge in [-0.2, -0.15) is 0 Å². The molecule has 0 aliphatic heterocycles. The number of carbonyl (C=O) groups excluding carboxylic acids is 2. The molecule has 0 aliphatic rings.